The SMILES string of the molecule is CCCn1ccnc1Cc1ccccc1C(C)NCC. The Kier molecular flexibility index (Phi) is 5.36. The second kappa shape index (κ2) is 7.25. The maximum atomic E-state index is 4.52. The van der Waals surface area contributed by atoms with Crippen LogP contribution in [-0.2, 0) is 13.0 Å². The van der Waals surface area contributed by atoms with Crippen molar-refractivity contribution < 1.29 is 0 Å². The zero-order valence-electron chi connectivity index (χ0n) is 12.8. The Morgan fingerprint density at radius 1 is 1.25 bits per heavy atom. The number of nitrogens with one attached hydrogen (secondary N) is 1. The van der Waals surface area contributed by atoms with Gasteiger partial charge in [0.1, 0.15) is 5.82 Å². The van der Waals surface area contributed by atoms with Crippen LogP contribution >= 0.6 is 0 Å². The van der Waals surface area contributed by atoms with Gasteiger partial charge in [-0.2, -0.15) is 0 Å². The van der Waals surface area contributed by atoms with Gasteiger partial charge in [0, 0.05) is 31.4 Å². The first-order valence-electron chi connectivity index (χ1n) is 7.57. The van der Waals surface area contributed by atoms with Crippen molar-refractivity contribution >= 4 is 0 Å². The highest BCUT2D eigenvalue weighted by atomic mass is 15.1. The van der Waals surface area contributed by atoms with Crippen molar-refractivity contribution in [2.24, 2.45) is 0 Å². The molecule has 0 fully saturated rings. The Balaban J connectivity index is 2.22. The molecule has 1 atom stereocenters. The summed E-state index contributed by atoms with van der Waals surface area (Å²) in [6.45, 7) is 8.60. The smallest absolute Gasteiger partial charge is 0.113 e. The van der Waals surface area contributed by atoms with Crippen LogP contribution in [0.25, 0.3) is 0 Å². The van der Waals surface area contributed by atoms with Crippen LogP contribution in [-0.4, -0.2) is 16.1 Å². The van der Waals surface area contributed by atoms with Crippen molar-refractivity contribution in [3.8, 4) is 0 Å². The monoisotopic (exact) mass is 271 g/mol. The summed E-state index contributed by atoms with van der Waals surface area (Å²) in [5.41, 5.74) is 2.74. The van der Waals surface area contributed by atoms with Crippen LogP contribution in [0.5, 0.6) is 0 Å². The molecule has 108 valence electrons. The molecule has 0 radical (unpaired) electrons. The summed E-state index contributed by atoms with van der Waals surface area (Å²) in [4.78, 5) is 4.52. The molecule has 0 amide bonds. The minimum Gasteiger partial charge on any atom is -0.335 e. The highest BCUT2D eigenvalue weighted by Gasteiger charge is 2.11. The molecule has 0 bridgehead atoms. The summed E-state index contributed by atoms with van der Waals surface area (Å²) >= 11 is 0. The van der Waals surface area contributed by atoms with E-state index in [9.17, 15) is 0 Å². The molecule has 2 rings (SSSR count). The number of aromatic nitrogens is 2. The summed E-state index contributed by atoms with van der Waals surface area (Å²) in [6.07, 6.45) is 6.02. The van der Waals surface area contributed by atoms with Crippen LogP contribution in [0.1, 0.15) is 50.2 Å². The highest BCUT2D eigenvalue weighted by molar-refractivity contribution is 5.32. The molecular weight excluding hydrogens is 246 g/mol. The van der Waals surface area contributed by atoms with Gasteiger partial charge in [0.2, 0.25) is 0 Å². The van der Waals surface area contributed by atoms with Crippen LogP contribution < -0.4 is 5.32 Å². The van der Waals surface area contributed by atoms with Crippen molar-refractivity contribution in [1.29, 1.82) is 0 Å². The predicted octanol–water partition coefficient (Wildman–Crippen LogP) is 3.55. The van der Waals surface area contributed by atoms with Crippen LogP contribution in [0.4, 0.5) is 0 Å². The molecule has 2 aromatic rings. The topological polar surface area (TPSA) is 29.9 Å². The molecule has 1 aromatic carbocycles. The fourth-order valence-corrected chi connectivity index (χ4v) is 2.66. The third-order valence-electron chi connectivity index (χ3n) is 3.65. The molecule has 0 saturated carbocycles. The molecule has 0 aliphatic rings. The number of hydrogen-bond acceptors (Lipinski definition) is 2. The van der Waals surface area contributed by atoms with Crippen molar-refractivity contribution in [2.45, 2.75) is 46.2 Å². The minimum absolute atomic E-state index is 0.380. The average Bonchev–Trinajstić information content (AvgIpc) is 2.87. The summed E-state index contributed by atoms with van der Waals surface area (Å²) in [5.74, 6) is 1.16. The molecule has 20 heavy (non-hydrogen) atoms. The lowest BCUT2D eigenvalue weighted by molar-refractivity contribution is 0.591. The van der Waals surface area contributed by atoms with E-state index in [1.807, 2.05) is 6.20 Å². The fraction of sp³-hybridized carbons (Fsp3) is 0.471. The number of aryl methyl sites for hydroxylation is 1. The largest absolute Gasteiger partial charge is 0.335 e. The quantitative estimate of drug-likeness (QED) is 0.834. The van der Waals surface area contributed by atoms with Gasteiger partial charge in [-0.25, -0.2) is 4.98 Å². The zero-order chi connectivity index (χ0) is 14.4. The van der Waals surface area contributed by atoms with E-state index < -0.39 is 0 Å². The van der Waals surface area contributed by atoms with Gasteiger partial charge in [0.25, 0.3) is 0 Å². The zero-order valence-corrected chi connectivity index (χ0v) is 12.8. The normalized spacial score (nSPS) is 12.6. The second-order valence-corrected chi connectivity index (χ2v) is 5.19. The van der Waals surface area contributed by atoms with E-state index in [2.05, 4.69) is 66.1 Å². The van der Waals surface area contributed by atoms with Gasteiger partial charge in [0.05, 0.1) is 0 Å². The molecule has 3 nitrogen and oxygen atoms in total. The predicted molar refractivity (Wildman–Crippen MR) is 83.9 cm³/mol. The molecule has 1 heterocycles. The van der Waals surface area contributed by atoms with Gasteiger partial charge >= 0.3 is 0 Å². The van der Waals surface area contributed by atoms with Gasteiger partial charge in [-0.3, -0.25) is 0 Å². The Morgan fingerprint density at radius 2 is 2.05 bits per heavy atom. The van der Waals surface area contributed by atoms with E-state index in [1.54, 1.807) is 0 Å². The lowest BCUT2D eigenvalue weighted by atomic mass is 9.99. The Morgan fingerprint density at radius 3 is 2.80 bits per heavy atom. The number of rotatable bonds is 7. The summed E-state index contributed by atoms with van der Waals surface area (Å²) in [7, 11) is 0. The summed E-state index contributed by atoms with van der Waals surface area (Å²) in [6, 6.07) is 9.05. The van der Waals surface area contributed by atoms with Gasteiger partial charge < -0.3 is 9.88 Å². The number of benzene rings is 1. The second-order valence-electron chi connectivity index (χ2n) is 5.19. The van der Waals surface area contributed by atoms with E-state index in [4.69, 9.17) is 0 Å². The molecule has 1 N–H and O–H groups in total. The molecule has 0 aliphatic carbocycles. The molecule has 3 heteroatoms. The van der Waals surface area contributed by atoms with Crippen molar-refractivity contribution in [1.82, 2.24) is 14.9 Å². The number of nitrogens with zero attached hydrogens (tertiary/aromatic N) is 2. The Bertz CT molecular complexity index is 531. The standard InChI is InChI=1S/C17H25N3/c1-4-11-20-12-10-19-17(20)13-15-8-6-7-9-16(15)14(3)18-5-2/h6-10,12,14,18H,4-5,11,13H2,1-3H3. The summed E-state index contributed by atoms with van der Waals surface area (Å²) < 4.78 is 2.26. The molecule has 1 aromatic heterocycles. The van der Waals surface area contributed by atoms with E-state index in [0.29, 0.717) is 6.04 Å². The van der Waals surface area contributed by atoms with Crippen LogP contribution in [0.3, 0.4) is 0 Å². The van der Waals surface area contributed by atoms with Crippen LogP contribution in [0, 0.1) is 0 Å². The first-order valence-corrected chi connectivity index (χ1v) is 7.57. The Labute approximate surface area is 122 Å². The van der Waals surface area contributed by atoms with Crippen molar-refractivity contribution in [2.75, 3.05) is 6.54 Å². The van der Waals surface area contributed by atoms with Crippen molar-refractivity contribution in [3.63, 3.8) is 0 Å². The van der Waals surface area contributed by atoms with Gasteiger partial charge in [0.15, 0.2) is 0 Å². The first-order chi connectivity index (χ1) is 9.76. The van der Waals surface area contributed by atoms with E-state index in [0.717, 1.165) is 31.8 Å². The van der Waals surface area contributed by atoms with E-state index in [-0.39, 0.29) is 0 Å². The highest BCUT2D eigenvalue weighted by Crippen LogP contribution is 2.20. The third-order valence-corrected chi connectivity index (χ3v) is 3.65. The first kappa shape index (κ1) is 14.8. The maximum Gasteiger partial charge on any atom is 0.113 e. The molecular formula is C17H25N3. The van der Waals surface area contributed by atoms with Crippen LogP contribution in [0.15, 0.2) is 36.7 Å². The van der Waals surface area contributed by atoms with Gasteiger partial charge in [-0.1, -0.05) is 38.1 Å². The average molecular weight is 271 g/mol. The fourth-order valence-electron chi connectivity index (χ4n) is 2.66. The molecule has 0 spiro atoms. The lowest BCUT2D eigenvalue weighted by Crippen LogP contribution is -2.19. The minimum atomic E-state index is 0.380. The summed E-state index contributed by atoms with van der Waals surface area (Å²) in [5, 5.41) is 3.49. The van der Waals surface area contributed by atoms with Gasteiger partial charge in [-0.05, 0) is 31.0 Å². The molecule has 1 unspecified atom stereocenters. The van der Waals surface area contributed by atoms with E-state index >= 15 is 0 Å². The van der Waals surface area contributed by atoms with Crippen molar-refractivity contribution in [3.05, 3.63) is 53.6 Å². The van der Waals surface area contributed by atoms with Crippen LogP contribution in [0.2, 0.25) is 0 Å². The van der Waals surface area contributed by atoms with Gasteiger partial charge in [-0.15, -0.1) is 0 Å². The number of imidazole rings is 1. The Hall–Kier alpha value is -1.61. The lowest BCUT2D eigenvalue weighted by Gasteiger charge is -2.17. The molecule has 0 saturated heterocycles. The van der Waals surface area contributed by atoms with E-state index in [1.165, 1.54) is 11.1 Å². The third kappa shape index (κ3) is 3.48. The number of hydrogen-bond donors (Lipinski definition) is 1. The molecule has 0 aliphatic heterocycles. The maximum absolute atomic E-state index is 4.52.